The number of likely N-dealkylation sites (tertiary alicyclic amines) is 1. The fourth-order valence-electron chi connectivity index (χ4n) is 3.20. The summed E-state index contributed by atoms with van der Waals surface area (Å²) in [6.07, 6.45) is 2.66. The number of amides is 1. The van der Waals surface area contributed by atoms with E-state index in [2.05, 4.69) is 9.97 Å². The van der Waals surface area contributed by atoms with Crippen molar-refractivity contribution in [2.45, 2.75) is 51.3 Å². The minimum absolute atomic E-state index is 0.0621. The summed E-state index contributed by atoms with van der Waals surface area (Å²) in [7, 11) is 1.61. The first kappa shape index (κ1) is 20.1. The van der Waals surface area contributed by atoms with Crippen LogP contribution in [0.1, 0.15) is 33.6 Å². The Morgan fingerprint density at radius 1 is 1.29 bits per heavy atom. The molecule has 0 spiro atoms. The summed E-state index contributed by atoms with van der Waals surface area (Å²) in [6, 6.07) is 5.34. The van der Waals surface area contributed by atoms with Gasteiger partial charge >= 0.3 is 6.09 Å². The molecule has 1 fully saturated rings. The van der Waals surface area contributed by atoms with Gasteiger partial charge in [0.2, 0.25) is 5.88 Å². The second kappa shape index (κ2) is 8.18. The number of carbonyl (C=O) groups is 1. The molecule has 0 unspecified atom stereocenters. The van der Waals surface area contributed by atoms with Crippen LogP contribution in [0.2, 0.25) is 0 Å². The van der Waals surface area contributed by atoms with Gasteiger partial charge in [-0.3, -0.25) is 0 Å². The molecule has 1 saturated heterocycles. The Labute approximate surface area is 165 Å². The second-order valence-electron chi connectivity index (χ2n) is 8.00. The van der Waals surface area contributed by atoms with Gasteiger partial charge in [0.15, 0.2) is 0 Å². The molecule has 0 aliphatic carbocycles. The Hall–Kier alpha value is -2.61. The fraction of sp³-hybridized carbons (Fsp3) is 0.550. The zero-order chi connectivity index (χ0) is 20.3. The number of nitrogens with two attached hydrogens (primary N) is 1. The first-order valence-corrected chi connectivity index (χ1v) is 9.43. The normalized spacial score (nSPS) is 20.1. The lowest BCUT2D eigenvalue weighted by molar-refractivity contribution is 0.00103. The summed E-state index contributed by atoms with van der Waals surface area (Å²) >= 11 is 0. The van der Waals surface area contributed by atoms with E-state index in [-0.39, 0.29) is 18.2 Å². The lowest BCUT2D eigenvalue weighted by atomic mass is 10.00. The number of aromatic nitrogens is 2. The molecule has 8 heteroatoms. The van der Waals surface area contributed by atoms with Crippen LogP contribution in [0.4, 0.5) is 4.79 Å². The predicted molar refractivity (Wildman–Crippen MR) is 106 cm³/mol. The van der Waals surface area contributed by atoms with E-state index in [4.69, 9.17) is 19.9 Å². The van der Waals surface area contributed by atoms with Crippen molar-refractivity contribution in [3.05, 3.63) is 24.5 Å². The third-order valence-corrected chi connectivity index (χ3v) is 4.59. The molecule has 2 heterocycles. The smallest absolute Gasteiger partial charge is 0.410 e. The van der Waals surface area contributed by atoms with Crippen LogP contribution in [0, 0.1) is 0 Å². The van der Waals surface area contributed by atoms with Crippen molar-refractivity contribution in [2.75, 3.05) is 20.3 Å². The van der Waals surface area contributed by atoms with Gasteiger partial charge in [0, 0.05) is 12.6 Å². The van der Waals surface area contributed by atoms with E-state index in [1.807, 2.05) is 39.0 Å². The van der Waals surface area contributed by atoms with Crippen molar-refractivity contribution in [1.82, 2.24) is 14.9 Å². The monoisotopic (exact) mass is 388 g/mol. The van der Waals surface area contributed by atoms with Crippen molar-refractivity contribution in [1.29, 1.82) is 0 Å². The van der Waals surface area contributed by atoms with Gasteiger partial charge in [-0.15, -0.1) is 0 Å². The summed E-state index contributed by atoms with van der Waals surface area (Å²) in [4.78, 5) is 22.8. The Morgan fingerprint density at radius 2 is 2.07 bits per heavy atom. The molecule has 2 aromatic rings. The number of rotatable bonds is 4. The van der Waals surface area contributed by atoms with Crippen LogP contribution in [-0.2, 0) is 4.74 Å². The van der Waals surface area contributed by atoms with E-state index in [1.54, 1.807) is 12.0 Å². The lowest BCUT2D eigenvalue weighted by Gasteiger charge is -2.38. The molecular formula is C20H28N4O4. The van der Waals surface area contributed by atoms with Crippen LogP contribution in [0.3, 0.4) is 0 Å². The van der Waals surface area contributed by atoms with Gasteiger partial charge in [0.25, 0.3) is 0 Å². The van der Waals surface area contributed by atoms with Gasteiger partial charge in [-0.1, -0.05) is 0 Å². The van der Waals surface area contributed by atoms with Gasteiger partial charge < -0.3 is 24.8 Å². The van der Waals surface area contributed by atoms with Crippen LogP contribution in [0.5, 0.6) is 11.6 Å². The molecule has 0 bridgehead atoms. The molecule has 1 aromatic carbocycles. The van der Waals surface area contributed by atoms with Crippen LogP contribution in [-0.4, -0.2) is 58.9 Å². The van der Waals surface area contributed by atoms with E-state index in [0.717, 1.165) is 23.7 Å². The molecule has 0 radical (unpaired) electrons. The van der Waals surface area contributed by atoms with Gasteiger partial charge in [-0.25, -0.2) is 14.8 Å². The maximum atomic E-state index is 12.6. The number of carbonyl (C=O) groups excluding carboxylic acids is 1. The Bertz CT molecular complexity index is 837. The molecule has 3 rings (SSSR count). The standard InChI is InChI=1S/C20H28N4O4/c1-20(2,3)28-19(25)24-10-13(21)5-6-14(24)11-27-18-16-9-15(26-4)7-8-17(16)22-12-23-18/h7-9,12-14H,5-6,10-11,21H2,1-4H3/t13-,14+/m0/s1. The molecule has 8 nitrogen and oxygen atoms in total. The van der Waals surface area contributed by atoms with Gasteiger partial charge in [-0.2, -0.15) is 0 Å². The number of fused-ring (bicyclic) bond motifs is 1. The van der Waals surface area contributed by atoms with Gasteiger partial charge in [0.1, 0.15) is 24.3 Å². The average molecular weight is 388 g/mol. The van der Waals surface area contributed by atoms with Crippen LogP contribution in [0.25, 0.3) is 10.9 Å². The minimum atomic E-state index is -0.566. The van der Waals surface area contributed by atoms with Crippen LogP contribution >= 0.6 is 0 Å². The molecule has 152 valence electrons. The number of ether oxygens (including phenoxy) is 3. The van der Waals surface area contributed by atoms with Crippen molar-refractivity contribution in [2.24, 2.45) is 5.73 Å². The summed E-state index contributed by atoms with van der Waals surface area (Å²) in [5, 5.41) is 0.762. The van der Waals surface area contributed by atoms with Crippen molar-refractivity contribution in [3.63, 3.8) is 0 Å². The van der Waals surface area contributed by atoms with Gasteiger partial charge in [0.05, 0.1) is 24.1 Å². The molecule has 1 amide bonds. The summed E-state index contributed by atoms with van der Waals surface area (Å²) in [5.74, 6) is 1.16. The first-order valence-electron chi connectivity index (χ1n) is 9.43. The molecule has 0 saturated carbocycles. The Balaban J connectivity index is 1.76. The second-order valence-corrected chi connectivity index (χ2v) is 8.00. The SMILES string of the molecule is COc1ccc2ncnc(OC[C@H]3CC[C@H](N)CN3C(=O)OC(C)(C)C)c2c1. The number of benzene rings is 1. The summed E-state index contributed by atoms with van der Waals surface area (Å²) in [6.45, 7) is 6.29. The van der Waals surface area contributed by atoms with E-state index >= 15 is 0 Å². The number of methoxy groups -OCH3 is 1. The molecule has 1 aliphatic heterocycles. The zero-order valence-electron chi connectivity index (χ0n) is 16.8. The Kier molecular flexibility index (Phi) is 5.88. The molecule has 1 aromatic heterocycles. The van der Waals surface area contributed by atoms with Crippen LogP contribution < -0.4 is 15.2 Å². The van der Waals surface area contributed by atoms with Crippen molar-refractivity contribution < 1.29 is 19.0 Å². The quantitative estimate of drug-likeness (QED) is 0.859. The van der Waals surface area contributed by atoms with E-state index in [0.29, 0.717) is 24.8 Å². The lowest BCUT2D eigenvalue weighted by Crippen LogP contribution is -2.54. The molecular weight excluding hydrogens is 360 g/mol. The number of piperidine rings is 1. The highest BCUT2D eigenvalue weighted by Crippen LogP contribution is 2.27. The number of hydrogen-bond donors (Lipinski definition) is 1. The number of hydrogen-bond acceptors (Lipinski definition) is 7. The van der Waals surface area contributed by atoms with E-state index in [1.165, 1.54) is 6.33 Å². The topological polar surface area (TPSA) is 99.8 Å². The number of nitrogens with zero attached hydrogens (tertiary/aromatic N) is 3. The largest absolute Gasteiger partial charge is 0.497 e. The first-order chi connectivity index (χ1) is 13.3. The van der Waals surface area contributed by atoms with Crippen LogP contribution in [0.15, 0.2) is 24.5 Å². The Morgan fingerprint density at radius 3 is 2.79 bits per heavy atom. The molecule has 1 aliphatic rings. The summed E-state index contributed by atoms with van der Waals surface area (Å²) in [5.41, 5.74) is 6.28. The zero-order valence-corrected chi connectivity index (χ0v) is 16.8. The predicted octanol–water partition coefficient (Wildman–Crippen LogP) is 2.74. The fourth-order valence-corrected chi connectivity index (χ4v) is 3.20. The highest BCUT2D eigenvalue weighted by Gasteiger charge is 2.33. The third-order valence-electron chi connectivity index (χ3n) is 4.59. The highest BCUT2D eigenvalue weighted by molar-refractivity contribution is 5.84. The minimum Gasteiger partial charge on any atom is -0.497 e. The summed E-state index contributed by atoms with van der Waals surface area (Å²) < 4.78 is 16.8. The maximum absolute atomic E-state index is 12.6. The van der Waals surface area contributed by atoms with Crippen molar-refractivity contribution >= 4 is 17.0 Å². The highest BCUT2D eigenvalue weighted by atomic mass is 16.6. The third kappa shape index (κ3) is 4.81. The molecule has 2 N–H and O–H groups in total. The molecule has 2 atom stereocenters. The maximum Gasteiger partial charge on any atom is 0.410 e. The van der Waals surface area contributed by atoms with E-state index < -0.39 is 5.60 Å². The average Bonchev–Trinajstić information content (AvgIpc) is 2.65. The van der Waals surface area contributed by atoms with Crippen molar-refractivity contribution in [3.8, 4) is 11.6 Å². The van der Waals surface area contributed by atoms with Gasteiger partial charge in [-0.05, 0) is 51.8 Å². The van der Waals surface area contributed by atoms with E-state index in [9.17, 15) is 4.79 Å². The molecule has 28 heavy (non-hydrogen) atoms.